The monoisotopic (exact) mass is 185 g/mol. The number of hydrogen-bond acceptors (Lipinski definition) is 2. The Morgan fingerprint density at radius 1 is 1.31 bits per heavy atom. The Kier molecular flexibility index (Phi) is 4.11. The Bertz CT molecular complexity index is 207. The topological polar surface area (TPSA) is 46.2 Å². The van der Waals surface area contributed by atoms with Crippen molar-refractivity contribution in [1.29, 1.82) is 0 Å². The molecule has 2 amide bonds. The molecule has 0 aromatic rings. The average molecular weight is 185 g/mol. The van der Waals surface area contributed by atoms with E-state index in [4.69, 9.17) is 0 Å². The van der Waals surface area contributed by atoms with E-state index in [1.807, 2.05) is 20.8 Å². The molecule has 0 heterocycles. The van der Waals surface area contributed by atoms with Crippen LogP contribution in [0.2, 0.25) is 0 Å². The number of rotatable bonds is 3. The van der Waals surface area contributed by atoms with Crippen molar-refractivity contribution in [3.8, 4) is 0 Å². The van der Waals surface area contributed by atoms with Gasteiger partial charge in [0, 0.05) is 11.3 Å². The smallest absolute Gasteiger partial charge is 0.232 e. The fourth-order valence-corrected chi connectivity index (χ4v) is 0.586. The normalized spacial score (nSPS) is 11.5. The van der Waals surface area contributed by atoms with E-state index in [0.717, 1.165) is 6.42 Å². The van der Waals surface area contributed by atoms with Crippen molar-refractivity contribution in [3.63, 3.8) is 0 Å². The van der Waals surface area contributed by atoms with Crippen molar-refractivity contribution in [3.05, 3.63) is 0 Å². The molecule has 0 atom stereocenters. The third kappa shape index (κ3) is 3.57. The standard InChI is InChI=1S/C10H19NO2/c1-6-10(4,5)9(13)11-8(12)7(2)3/h7H,6H2,1-5H3,(H,11,12,13). The van der Waals surface area contributed by atoms with Gasteiger partial charge in [-0.15, -0.1) is 0 Å². The van der Waals surface area contributed by atoms with Gasteiger partial charge in [0.1, 0.15) is 0 Å². The largest absolute Gasteiger partial charge is 0.296 e. The average Bonchev–Trinajstić information content (AvgIpc) is 2.04. The molecular weight excluding hydrogens is 166 g/mol. The van der Waals surface area contributed by atoms with E-state index >= 15 is 0 Å². The zero-order valence-electron chi connectivity index (χ0n) is 9.10. The summed E-state index contributed by atoms with van der Waals surface area (Å²) in [6.07, 6.45) is 0.726. The van der Waals surface area contributed by atoms with Crippen LogP contribution in [0.15, 0.2) is 0 Å². The molecule has 0 bridgehead atoms. The maximum absolute atomic E-state index is 11.5. The van der Waals surface area contributed by atoms with Crippen LogP contribution in [-0.2, 0) is 9.59 Å². The van der Waals surface area contributed by atoms with Crippen LogP contribution in [0, 0.1) is 11.3 Å². The van der Waals surface area contributed by atoms with Crippen molar-refractivity contribution in [2.45, 2.75) is 41.0 Å². The molecule has 0 unspecified atom stereocenters. The molecule has 76 valence electrons. The summed E-state index contributed by atoms with van der Waals surface area (Å²) in [6, 6.07) is 0. The molecule has 0 rings (SSSR count). The molecular formula is C10H19NO2. The van der Waals surface area contributed by atoms with Gasteiger partial charge in [0.25, 0.3) is 0 Å². The highest BCUT2D eigenvalue weighted by atomic mass is 16.2. The maximum atomic E-state index is 11.5. The van der Waals surface area contributed by atoms with E-state index in [1.165, 1.54) is 0 Å². The first kappa shape index (κ1) is 12.1. The molecule has 0 radical (unpaired) electrons. The molecule has 0 aromatic heterocycles. The van der Waals surface area contributed by atoms with Gasteiger partial charge in [-0.05, 0) is 6.42 Å². The zero-order valence-corrected chi connectivity index (χ0v) is 9.10. The molecule has 0 aromatic carbocycles. The molecule has 0 fully saturated rings. The number of nitrogens with one attached hydrogen (secondary N) is 1. The van der Waals surface area contributed by atoms with E-state index in [-0.39, 0.29) is 17.7 Å². The van der Waals surface area contributed by atoms with Crippen LogP contribution in [0.5, 0.6) is 0 Å². The van der Waals surface area contributed by atoms with Crippen LogP contribution in [0.1, 0.15) is 41.0 Å². The Hall–Kier alpha value is -0.860. The lowest BCUT2D eigenvalue weighted by molar-refractivity contribution is -0.137. The minimum absolute atomic E-state index is 0.142. The first-order valence-corrected chi connectivity index (χ1v) is 4.66. The van der Waals surface area contributed by atoms with Gasteiger partial charge >= 0.3 is 0 Å². The molecule has 0 saturated carbocycles. The highest BCUT2D eigenvalue weighted by Gasteiger charge is 2.27. The molecule has 0 saturated heterocycles. The van der Waals surface area contributed by atoms with Gasteiger partial charge < -0.3 is 0 Å². The van der Waals surface area contributed by atoms with Crippen molar-refractivity contribution in [2.75, 3.05) is 0 Å². The van der Waals surface area contributed by atoms with Gasteiger partial charge in [-0.2, -0.15) is 0 Å². The number of imide groups is 1. The van der Waals surface area contributed by atoms with Crippen LogP contribution in [-0.4, -0.2) is 11.8 Å². The van der Waals surface area contributed by atoms with Gasteiger partial charge in [0.2, 0.25) is 11.8 Å². The van der Waals surface area contributed by atoms with Crippen molar-refractivity contribution >= 4 is 11.8 Å². The lowest BCUT2D eigenvalue weighted by atomic mass is 9.89. The summed E-state index contributed by atoms with van der Waals surface area (Å²) >= 11 is 0. The lowest BCUT2D eigenvalue weighted by Gasteiger charge is -2.21. The Balaban J connectivity index is 4.24. The quantitative estimate of drug-likeness (QED) is 0.727. The number of carbonyl (C=O) groups is 2. The Morgan fingerprint density at radius 3 is 2.08 bits per heavy atom. The van der Waals surface area contributed by atoms with Crippen LogP contribution < -0.4 is 5.32 Å². The van der Waals surface area contributed by atoms with E-state index < -0.39 is 5.41 Å². The second-order valence-corrected chi connectivity index (χ2v) is 4.21. The zero-order chi connectivity index (χ0) is 10.6. The molecule has 1 N–H and O–H groups in total. The van der Waals surface area contributed by atoms with Crippen molar-refractivity contribution < 1.29 is 9.59 Å². The summed E-state index contributed by atoms with van der Waals surface area (Å²) in [5.74, 6) is -0.531. The number of amides is 2. The predicted molar refractivity (Wildman–Crippen MR) is 52.1 cm³/mol. The first-order valence-electron chi connectivity index (χ1n) is 4.66. The maximum Gasteiger partial charge on any atom is 0.232 e. The summed E-state index contributed by atoms with van der Waals surface area (Å²) in [4.78, 5) is 22.7. The summed E-state index contributed by atoms with van der Waals surface area (Å²) in [6.45, 7) is 9.12. The van der Waals surface area contributed by atoms with Gasteiger partial charge in [-0.1, -0.05) is 34.6 Å². The van der Waals surface area contributed by atoms with Crippen LogP contribution in [0.25, 0.3) is 0 Å². The molecule has 13 heavy (non-hydrogen) atoms. The van der Waals surface area contributed by atoms with Gasteiger partial charge in [0.05, 0.1) is 0 Å². The Labute approximate surface area is 79.9 Å². The highest BCUT2D eigenvalue weighted by Crippen LogP contribution is 2.19. The van der Waals surface area contributed by atoms with Crippen LogP contribution in [0.3, 0.4) is 0 Å². The second-order valence-electron chi connectivity index (χ2n) is 4.21. The third-order valence-electron chi connectivity index (χ3n) is 2.26. The molecule has 0 aliphatic rings. The number of hydrogen-bond donors (Lipinski definition) is 1. The highest BCUT2D eigenvalue weighted by molar-refractivity contribution is 5.98. The minimum Gasteiger partial charge on any atom is -0.296 e. The van der Waals surface area contributed by atoms with E-state index in [1.54, 1.807) is 13.8 Å². The number of carbonyl (C=O) groups excluding carboxylic acids is 2. The van der Waals surface area contributed by atoms with Crippen molar-refractivity contribution in [2.24, 2.45) is 11.3 Å². The lowest BCUT2D eigenvalue weighted by Crippen LogP contribution is -2.41. The molecule has 0 aliphatic carbocycles. The molecule has 0 spiro atoms. The Morgan fingerprint density at radius 2 is 1.77 bits per heavy atom. The summed E-state index contributed by atoms with van der Waals surface area (Å²) in [5.41, 5.74) is -0.454. The predicted octanol–water partition coefficient (Wildman–Crippen LogP) is 1.72. The molecule has 0 aliphatic heterocycles. The molecule has 3 heteroatoms. The van der Waals surface area contributed by atoms with Crippen LogP contribution in [0.4, 0.5) is 0 Å². The van der Waals surface area contributed by atoms with E-state index in [0.29, 0.717) is 0 Å². The van der Waals surface area contributed by atoms with E-state index in [9.17, 15) is 9.59 Å². The minimum atomic E-state index is -0.454. The second kappa shape index (κ2) is 4.40. The first-order chi connectivity index (χ1) is 5.81. The van der Waals surface area contributed by atoms with Gasteiger partial charge in [-0.25, -0.2) is 0 Å². The van der Waals surface area contributed by atoms with Crippen LogP contribution >= 0.6 is 0 Å². The third-order valence-corrected chi connectivity index (χ3v) is 2.26. The van der Waals surface area contributed by atoms with Gasteiger partial charge in [0.15, 0.2) is 0 Å². The fraction of sp³-hybridized carbons (Fsp3) is 0.800. The summed E-state index contributed by atoms with van der Waals surface area (Å²) in [5, 5.41) is 2.39. The summed E-state index contributed by atoms with van der Waals surface area (Å²) in [7, 11) is 0. The molecule has 3 nitrogen and oxygen atoms in total. The summed E-state index contributed by atoms with van der Waals surface area (Å²) < 4.78 is 0. The SMILES string of the molecule is CCC(C)(C)C(=O)NC(=O)C(C)C. The van der Waals surface area contributed by atoms with Crippen molar-refractivity contribution in [1.82, 2.24) is 5.32 Å². The van der Waals surface area contributed by atoms with E-state index in [2.05, 4.69) is 5.32 Å². The fourth-order valence-electron chi connectivity index (χ4n) is 0.586. The van der Waals surface area contributed by atoms with Gasteiger partial charge in [-0.3, -0.25) is 14.9 Å².